The van der Waals surface area contributed by atoms with Gasteiger partial charge >= 0.3 is 0 Å². The molecule has 1 heterocycles. The molecule has 0 spiro atoms. The van der Waals surface area contributed by atoms with Gasteiger partial charge in [0, 0.05) is 29.7 Å². The van der Waals surface area contributed by atoms with E-state index in [0.717, 1.165) is 17.4 Å². The van der Waals surface area contributed by atoms with Crippen LogP contribution in [0.25, 0.3) is 10.9 Å². The first-order valence-corrected chi connectivity index (χ1v) is 8.45. The number of hydrogen-bond acceptors (Lipinski definition) is 3. The molecule has 1 aromatic heterocycles. The van der Waals surface area contributed by atoms with Crippen LogP contribution >= 0.6 is 11.8 Å². The first-order chi connectivity index (χ1) is 9.98. The molecule has 0 aliphatic heterocycles. The topological polar surface area (TPSA) is 54.3 Å². The van der Waals surface area contributed by atoms with Gasteiger partial charge in [0.1, 0.15) is 5.69 Å². The van der Waals surface area contributed by atoms with Crippen LogP contribution in [0, 0.1) is 0 Å². The molecule has 1 aromatic carbocycles. The van der Waals surface area contributed by atoms with Crippen molar-refractivity contribution in [1.82, 2.24) is 9.88 Å². The average molecular weight is 306 g/mol. The second kappa shape index (κ2) is 6.54. The number of carbonyl (C=O) groups is 1. The van der Waals surface area contributed by atoms with Crippen molar-refractivity contribution in [3.05, 3.63) is 36.0 Å². The van der Waals surface area contributed by atoms with Crippen LogP contribution in [-0.2, 0) is 6.54 Å². The fourth-order valence-electron chi connectivity index (χ4n) is 2.46. The maximum atomic E-state index is 12.4. The largest absolute Gasteiger partial charge is 0.387 e. The van der Waals surface area contributed by atoms with Gasteiger partial charge in [-0.2, -0.15) is 11.8 Å². The fraction of sp³-hybridized carbons (Fsp3) is 0.438. The van der Waals surface area contributed by atoms with Crippen LogP contribution in [0.5, 0.6) is 0 Å². The maximum Gasteiger partial charge on any atom is 0.268 e. The highest BCUT2D eigenvalue weighted by atomic mass is 32.2. The third-order valence-electron chi connectivity index (χ3n) is 3.44. The SMILES string of the molecule is CCn1c(C(=O)NCC(C)(O)CSC)cc2ccccc21. The summed E-state index contributed by atoms with van der Waals surface area (Å²) in [4.78, 5) is 12.4. The number of para-hydroxylation sites is 1. The second-order valence-corrected chi connectivity index (χ2v) is 6.31. The number of amides is 1. The molecule has 0 saturated heterocycles. The van der Waals surface area contributed by atoms with Crippen LogP contribution in [0.15, 0.2) is 30.3 Å². The lowest BCUT2D eigenvalue weighted by Crippen LogP contribution is -2.42. The molecular weight excluding hydrogens is 284 g/mol. The van der Waals surface area contributed by atoms with Crippen molar-refractivity contribution in [2.75, 3.05) is 18.6 Å². The summed E-state index contributed by atoms with van der Waals surface area (Å²) < 4.78 is 1.99. The molecule has 5 heteroatoms. The number of benzene rings is 1. The van der Waals surface area contributed by atoms with Gasteiger partial charge in [0.2, 0.25) is 0 Å². The van der Waals surface area contributed by atoms with Gasteiger partial charge in [-0.1, -0.05) is 18.2 Å². The molecule has 0 bridgehead atoms. The van der Waals surface area contributed by atoms with Gasteiger partial charge in [-0.05, 0) is 32.2 Å². The van der Waals surface area contributed by atoms with Gasteiger partial charge in [-0.3, -0.25) is 4.79 Å². The molecule has 1 amide bonds. The van der Waals surface area contributed by atoms with E-state index in [4.69, 9.17) is 0 Å². The predicted octanol–water partition coefficient (Wildman–Crippen LogP) is 2.51. The van der Waals surface area contributed by atoms with Crippen molar-refractivity contribution >= 4 is 28.6 Å². The van der Waals surface area contributed by atoms with Crippen molar-refractivity contribution in [3.8, 4) is 0 Å². The van der Waals surface area contributed by atoms with Crippen LogP contribution in [0.4, 0.5) is 0 Å². The summed E-state index contributed by atoms with van der Waals surface area (Å²) in [6.45, 7) is 4.74. The Morgan fingerprint density at radius 3 is 2.81 bits per heavy atom. The molecule has 0 aliphatic rings. The van der Waals surface area contributed by atoms with Crippen LogP contribution in [0.3, 0.4) is 0 Å². The van der Waals surface area contributed by atoms with Gasteiger partial charge in [0.25, 0.3) is 5.91 Å². The van der Waals surface area contributed by atoms with Crippen molar-refractivity contribution in [3.63, 3.8) is 0 Å². The van der Waals surface area contributed by atoms with Crippen molar-refractivity contribution < 1.29 is 9.90 Å². The molecule has 1 atom stereocenters. The van der Waals surface area contributed by atoms with E-state index >= 15 is 0 Å². The van der Waals surface area contributed by atoms with Crippen LogP contribution < -0.4 is 5.32 Å². The Bertz CT molecular complexity index is 634. The van der Waals surface area contributed by atoms with E-state index < -0.39 is 5.60 Å². The number of nitrogens with zero attached hydrogens (tertiary/aromatic N) is 1. The summed E-state index contributed by atoms with van der Waals surface area (Å²) in [7, 11) is 0. The van der Waals surface area contributed by atoms with Gasteiger partial charge in [0.05, 0.1) is 5.60 Å². The van der Waals surface area contributed by atoms with Crippen LogP contribution in [-0.4, -0.2) is 39.7 Å². The summed E-state index contributed by atoms with van der Waals surface area (Å²) >= 11 is 1.56. The molecule has 2 aromatic rings. The average Bonchev–Trinajstić information content (AvgIpc) is 2.83. The number of nitrogens with one attached hydrogen (secondary N) is 1. The highest BCUT2D eigenvalue weighted by molar-refractivity contribution is 7.98. The minimum absolute atomic E-state index is 0.144. The minimum atomic E-state index is -0.891. The molecule has 1 unspecified atom stereocenters. The maximum absolute atomic E-state index is 12.4. The minimum Gasteiger partial charge on any atom is -0.387 e. The standard InChI is InChI=1S/C16H22N2O2S/c1-4-18-13-8-6-5-7-12(13)9-14(18)15(19)17-10-16(2,20)11-21-3/h5-9,20H,4,10-11H2,1-3H3,(H,17,19). The highest BCUT2D eigenvalue weighted by Gasteiger charge is 2.22. The molecule has 0 aliphatic carbocycles. The highest BCUT2D eigenvalue weighted by Crippen LogP contribution is 2.20. The van der Waals surface area contributed by atoms with Gasteiger partial charge in [0.15, 0.2) is 0 Å². The zero-order valence-corrected chi connectivity index (χ0v) is 13.5. The third kappa shape index (κ3) is 3.60. The summed E-state index contributed by atoms with van der Waals surface area (Å²) in [5.74, 6) is 0.443. The first-order valence-electron chi connectivity index (χ1n) is 7.06. The molecule has 2 N–H and O–H groups in total. The normalized spacial score (nSPS) is 14.1. The Morgan fingerprint density at radius 2 is 2.14 bits per heavy atom. The summed E-state index contributed by atoms with van der Waals surface area (Å²) in [6, 6.07) is 9.85. The summed E-state index contributed by atoms with van der Waals surface area (Å²) in [5.41, 5.74) is 0.803. The first kappa shape index (κ1) is 15.9. The summed E-state index contributed by atoms with van der Waals surface area (Å²) in [5, 5.41) is 14.0. The number of rotatable bonds is 6. The van der Waals surface area contributed by atoms with E-state index in [1.54, 1.807) is 18.7 Å². The Balaban J connectivity index is 2.20. The van der Waals surface area contributed by atoms with Crippen molar-refractivity contribution in [1.29, 1.82) is 0 Å². The number of aliphatic hydroxyl groups is 1. The Labute approximate surface area is 129 Å². The molecule has 0 fully saturated rings. The lowest BCUT2D eigenvalue weighted by atomic mass is 10.1. The van der Waals surface area contributed by atoms with Gasteiger partial charge in [-0.25, -0.2) is 0 Å². The van der Waals surface area contributed by atoms with Gasteiger partial charge < -0.3 is 15.0 Å². The zero-order valence-electron chi connectivity index (χ0n) is 12.7. The van der Waals surface area contributed by atoms with E-state index in [-0.39, 0.29) is 12.5 Å². The van der Waals surface area contributed by atoms with E-state index in [1.807, 2.05) is 48.1 Å². The fourth-order valence-corrected chi connectivity index (χ4v) is 3.19. The van der Waals surface area contributed by atoms with Crippen LogP contribution in [0.2, 0.25) is 0 Å². The number of carbonyl (C=O) groups excluding carboxylic acids is 1. The number of hydrogen-bond donors (Lipinski definition) is 2. The Hall–Kier alpha value is -1.46. The molecule has 4 nitrogen and oxygen atoms in total. The van der Waals surface area contributed by atoms with Gasteiger partial charge in [-0.15, -0.1) is 0 Å². The van der Waals surface area contributed by atoms with E-state index in [2.05, 4.69) is 5.32 Å². The van der Waals surface area contributed by atoms with Crippen LogP contribution in [0.1, 0.15) is 24.3 Å². The molecular formula is C16H22N2O2S. The molecule has 0 saturated carbocycles. The number of thioether (sulfide) groups is 1. The predicted molar refractivity (Wildman–Crippen MR) is 89.0 cm³/mol. The van der Waals surface area contributed by atoms with Crippen molar-refractivity contribution in [2.24, 2.45) is 0 Å². The molecule has 0 radical (unpaired) electrons. The van der Waals surface area contributed by atoms with E-state index in [0.29, 0.717) is 11.4 Å². The Morgan fingerprint density at radius 1 is 1.43 bits per heavy atom. The smallest absolute Gasteiger partial charge is 0.268 e. The second-order valence-electron chi connectivity index (χ2n) is 5.45. The van der Waals surface area contributed by atoms with E-state index in [9.17, 15) is 9.90 Å². The quantitative estimate of drug-likeness (QED) is 0.862. The monoisotopic (exact) mass is 306 g/mol. The molecule has 114 valence electrons. The number of aryl methyl sites for hydroxylation is 1. The number of fused-ring (bicyclic) bond motifs is 1. The third-order valence-corrected chi connectivity index (χ3v) is 4.36. The molecule has 2 rings (SSSR count). The van der Waals surface area contributed by atoms with E-state index in [1.165, 1.54) is 0 Å². The lowest BCUT2D eigenvalue weighted by molar-refractivity contribution is 0.0720. The molecule has 21 heavy (non-hydrogen) atoms. The zero-order chi connectivity index (χ0) is 15.5. The van der Waals surface area contributed by atoms with Crippen molar-refractivity contribution in [2.45, 2.75) is 26.0 Å². The Kier molecular flexibility index (Phi) is 4.96. The summed E-state index contributed by atoms with van der Waals surface area (Å²) in [6.07, 6.45) is 1.94. The number of aromatic nitrogens is 1. The lowest BCUT2D eigenvalue weighted by Gasteiger charge is -2.22.